The number of nitrogens with one attached hydrogen (secondary N) is 1. The van der Waals surface area contributed by atoms with E-state index in [2.05, 4.69) is 129 Å². The van der Waals surface area contributed by atoms with Gasteiger partial charge in [0.05, 0.1) is 39.9 Å². The highest BCUT2D eigenvalue weighted by Gasteiger charge is 2.23. The summed E-state index contributed by atoms with van der Waals surface area (Å²) in [6.07, 6.45) is 99.0. The first kappa shape index (κ1) is 82.9. The van der Waals surface area contributed by atoms with Crippen LogP contribution in [0.2, 0.25) is 0 Å². The van der Waals surface area contributed by atoms with Crippen molar-refractivity contribution in [3.8, 4) is 0 Å². The molecule has 0 fully saturated rings. The quantitative estimate of drug-likeness (QED) is 0.0272. The molecule has 496 valence electrons. The minimum Gasteiger partial charge on any atom is -0.756 e. The molecule has 0 aliphatic carbocycles. The monoisotopic (exact) mass is 1220 g/mol. The lowest BCUT2D eigenvalue weighted by molar-refractivity contribution is -0.870. The zero-order valence-corrected chi connectivity index (χ0v) is 57.6. The topological polar surface area (TPSA) is 108 Å². The summed E-state index contributed by atoms with van der Waals surface area (Å²) < 4.78 is 23.4. The highest BCUT2D eigenvalue weighted by Crippen LogP contribution is 2.38. The molecule has 0 aromatic heterocycles. The van der Waals surface area contributed by atoms with Crippen LogP contribution in [0.3, 0.4) is 0 Å². The minimum atomic E-state index is -4.62. The van der Waals surface area contributed by atoms with E-state index >= 15 is 0 Å². The third kappa shape index (κ3) is 68.4. The molecule has 2 N–H and O–H groups in total. The van der Waals surface area contributed by atoms with Crippen molar-refractivity contribution in [2.24, 2.45) is 0 Å². The number of rotatable bonds is 65. The van der Waals surface area contributed by atoms with Crippen LogP contribution in [0, 0.1) is 0 Å². The lowest BCUT2D eigenvalue weighted by atomic mass is 10.0. The van der Waals surface area contributed by atoms with Crippen LogP contribution in [0.25, 0.3) is 0 Å². The molecular formula is C77H137N2O6P. The fourth-order valence-electron chi connectivity index (χ4n) is 10.1. The fourth-order valence-corrected chi connectivity index (χ4v) is 10.8. The van der Waals surface area contributed by atoms with Crippen molar-refractivity contribution in [2.45, 2.75) is 321 Å². The van der Waals surface area contributed by atoms with Gasteiger partial charge in [-0.1, -0.05) is 322 Å². The van der Waals surface area contributed by atoms with E-state index in [9.17, 15) is 19.4 Å². The third-order valence-electron chi connectivity index (χ3n) is 15.6. The second kappa shape index (κ2) is 66.3. The number of hydrogen-bond donors (Lipinski definition) is 2. The summed E-state index contributed by atoms with van der Waals surface area (Å²) in [5, 5.41) is 13.9. The number of aliphatic hydroxyl groups excluding tert-OH is 1. The number of likely N-dealkylation sites (N-methyl/N-ethyl adjacent to an activating group) is 1. The normalized spacial score (nSPS) is 14.4. The van der Waals surface area contributed by atoms with Crippen molar-refractivity contribution in [2.75, 3.05) is 40.9 Å². The Morgan fingerprint density at radius 2 is 0.721 bits per heavy atom. The molecule has 9 heteroatoms. The van der Waals surface area contributed by atoms with Gasteiger partial charge in [-0.15, -0.1) is 0 Å². The molecule has 0 aliphatic heterocycles. The molecule has 0 heterocycles. The maximum Gasteiger partial charge on any atom is 0.268 e. The van der Waals surface area contributed by atoms with Crippen molar-refractivity contribution in [3.05, 3.63) is 122 Å². The highest BCUT2D eigenvalue weighted by atomic mass is 31.2. The van der Waals surface area contributed by atoms with Gasteiger partial charge in [0.1, 0.15) is 13.2 Å². The van der Waals surface area contributed by atoms with Gasteiger partial charge in [0.2, 0.25) is 5.91 Å². The van der Waals surface area contributed by atoms with E-state index in [0.29, 0.717) is 17.4 Å². The molecule has 0 saturated carbocycles. The number of aliphatic hydroxyl groups is 1. The summed E-state index contributed by atoms with van der Waals surface area (Å²) in [6.45, 7) is 4.53. The average molecular weight is 1220 g/mol. The Balaban J connectivity index is 4.15. The number of carbonyl (C=O) groups is 1. The molecule has 3 unspecified atom stereocenters. The second-order valence-corrected chi connectivity index (χ2v) is 26.6. The van der Waals surface area contributed by atoms with Crippen LogP contribution < -0.4 is 10.2 Å². The number of phosphoric acid groups is 1. The first-order valence-corrected chi connectivity index (χ1v) is 37.4. The van der Waals surface area contributed by atoms with Crippen LogP contribution in [0.4, 0.5) is 0 Å². The molecule has 0 aliphatic rings. The van der Waals surface area contributed by atoms with E-state index < -0.39 is 26.6 Å². The SMILES string of the molecule is CC/C=C\C/C=C\C/C=C\C/C=C\C/C=C\C/C=C\C/C=C\CCCCCCCCCCCCCCCC(=O)NC(COP(=O)([O-])OCC[N+](C)(C)C)C(O)/C=C/CC/C=C/CC/C=C/CCCCCCCCCCCCCCCCCCCCC. The van der Waals surface area contributed by atoms with Gasteiger partial charge in [-0.05, 0) is 103 Å². The largest absolute Gasteiger partial charge is 0.756 e. The van der Waals surface area contributed by atoms with Crippen LogP contribution in [0.5, 0.6) is 0 Å². The molecule has 0 saturated heterocycles. The van der Waals surface area contributed by atoms with Gasteiger partial charge in [-0.2, -0.15) is 0 Å². The summed E-state index contributed by atoms with van der Waals surface area (Å²) in [5.74, 6) is -0.214. The molecule has 86 heavy (non-hydrogen) atoms. The van der Waals surface area contributed by atoms with Gasteiger partial charge in [0.15, 0.2) is 0 Å². The Kier molecular flexibility index (Phi) is 63.9. The Hall–Kier alpha value is -3.10. The fraction of sp³-hybridized carbons (Fsp3) is 0.727. The Morgan fingerprint density at radius 1 is 0.419 bits per heavy atom. The molecule has 0 rings (SSSR count). The van der Waals surface area contributed by atoms with Crippen LogP contribution in [0.1, 0.15) is 309 Å². The summed E-state index contributed by atoms with van der Waals surface area (Å²) in [7, 11) is 1.23. The van der Waals surface area contributed by atoms with Crippen molar-refractivity contribution >= 4 is 13.7 Å². The number of allylic oxidation sites excluding steroid dienone is 19. The van der Waals surface area contributed by atoms with Crippen LogP contribution in [-0.2, 0) is 18.4 Å². The van der Waals surface area contributed by atoms with Crippen molar-refractivity contribution in [1.29, 1.82) is 0 Å². The molecule has 1 amide bonds. The maximum absolute atomic E-state index is 13.0. The van der Waals surface area contributed by atoms with E-state index in [1.54, 1.807) is 6.08 Å². The molecule has 3 atom stereocenters. The first-order valence-electron chi connectivity index (χ1n) is 35.9. The van der Waals surface area contributed by atoms with E-state index in [4.69, 9.17) is 9.05 Å². The number of hydrogen-bond acceptors (Lipinski definition) is 6. The number of amides is 1. The number of unbranched alkanes of at least 4 members (excludes halogenated alkanes) is 34. The van der Waals surface area contributed by atoms with E-state index in [1.165, 1.54) is 199 Å². The predicted octanol–water partition coefficient (Wildman–Crippen LogP) is 22.6. The first-order chi connectivity index (χ1) is 42.0. The van der Waals surface area contributed by atoms with Gasteiger partial charge >= 0.3 is 0 Å². The van der Waals surface area contributed by atoms with Gasteiger partial charge in [-0.3, -0.25) is 9.36 Å². The predicted molar refractivity (Wildman–Crippen MR) is 375 cm³/mol. The molecule has 0 spiro atoms. The Labute approximate surface area is 533 Å². The molecule has 0 bridgehead atoms. The molecule has 0 aromatic rings. The number of nitrogens with zero attached hydrogens (tertiary/aromatic N) is 1. The standard InChI is InChI=1S/C77H137N2O6P/c1-6-8-10-12-14-16-18-20-22-24-26-28-30-32-34-36-37-38-39-40-41-43-45-47-49-51-53-55-57-59-61-63-65-67-69-71-77(81)78-75(74-85-86(82,83)84-73-72-79(3,4)5)76(80)70-68-66-64-62-60-58-56-54-52-50-48-46-44-42-35-33-31-29-27-25-23-21-19-17-15-13-11-9-7-2/h8,10,14,16,20,22,26,28,32,34,37-38,40-41,52,54,60,62,68,70,75-76,80H,6-7,9,11-13,15,17-19,21,23-25,27,29-31,33,35-36,39,42-51,53,55-59,61,63-67,69,71-74H2,1-5H3,(H-,78,81,82,83)/b10-8-,16-14-,22-20-,28-26-,34-32-,38-37-,41-40-,54-52+,62-60+,70-68+. The number of carbonyl (C=O) groups excluding carboxylic acids is 1. The average Bonchev–Trinajstić information content (AvgIpc) is 3.70. The maximum atomic E-state index is 13.0. The summed E-state index contributed by atoms with van der Waals surface area (Å²) in [4.78, 5) is 25.6. The highest BCUT2D eigenvalue weighted by molar-refractivity contribution is 7.45. The van der Waals surface area contributed by atoms with Crippen molar-refractivity contribution < 1.29 is 32.9 Å². The summed E-state index contributed by atoms with van der Waals surface area (Å²) >= 11 is 0. The van der Waals surface area contributed by atoms with Crippen LogP contribution >= 0.6 is 7.82 Å². The lowest BCUT2D eigenvalue weighted by Gasteiger charge is -2.29. The van der Waals surface area contributed by atoms with Crippen LogP contribution in [-0.4, -0.2) is 68.5 Å². The lowest BCUT2D eigenvalue weighted by Crippen LogP contribution is -2.45. The van der Waals surface area contributed by atoms with Crippen molar-refractivity contribution in [1.82, 2.24) is 5.32 Å². The van der Waals surface area contributed by atoms with E-state index in [1.807, 2.05) is 27.2 Å². The molecule has 0 aromatic carbocycles. The summed E-state index contributed by atoms with van der Waals surface area (Å²) in [5.41, 5.74) is 0. The van der Waals surface area contributed by atoms with Gasteiger partial charge < -0.3 is 28.8 Å². The number of quaternary nitrogens is 1. The van der Waals surface area contributed by atoms with Crippen molar-refractivity contribution in [3.63, 3.8) is 0 Å². The van der Waals surface area contributed by atoms with E-state index in [-0.39, 0.29) is 12.5 Å². The molecular weight excluding hydrogens is 1080 g/mol. The molecule has 0 radical (unpaired) electrons. The van der Waals surface area contributed by atoms with Gasteiger partial charge in [-0.25, -0.2) is 0 Å². The smallest absolute Gasteiger partial charge is 0.268 e. The number of phosphoric ester groups is 1. The zero-order valence-electron chi connectivity index (χ0n) is 56.7. The van der Waals surface area contributed by atoms with E-state index in [0.717, 1.165) is 89.9 Å². The Bertz CT molecular complexity index is 1820. The second-order valence-electron chi connectivity index (χ2n) is 25.2. The Morgan fingerprint density at radius 3 is 1.08 bits per heavy atom. The van der Waals surface area contributed by atoms with Gasteiger partial charge in [0.25, 0.3) is 7.82 Å². The molecule has 8 nitrogen and oxygen atoms in total. The summed E-state index contributed by atoms with van der Waals surface area (Å²) in [6, 6.07) is -0.920. The zero-order chi connectivity index (χ0) is 62.6. The van der Waals surface area contributed by atoms with Gasteiger partial charge in [0, 0.05) is 6.42 Å². The third-order valence-corrected chi connectivity index (χ3v) is 16.6. The minimum absolute atomic E-state index is 0.0139. The van der Waals surface area contributed by atoms with Crippen LogP contribution in [0.15, 0.2) is 122 Å².